The fourth-order valence-electron chi connectivity index (χ4n) is 12.5. The molecule has 0 unspecified atom stereocenters. The summed E-state index contributed by atoms with van der Waals surface area (Å²) in [5.74, 6) is 3.59. The smallest absolute Gasteiger partial charge is 0.302 e. The SMILES string of the molecule is CC(=O)O[C@H]1CC[C@]2(C)[C@H]3CC[C@@H]4[C@@H]5[C@H](C)[C@]6(C)O[C@@H]6C[C@]5(C)CC[C@@]4(C)[C@]3(C)CC[C@H]2C1(C)C. The molecule has 6 fully saturated rings. The van der Waals surface area contributed by atoms with E-state index >= 15 is 0 Å². The molecule has 0 amide bonds. The van der Waals surface area contributed by atoms with Crippen molar-refractivity contribution in [3.63, 3.8) is 0 Å². The van der Waals surface area contributed by atoms with E-state index in [4.69, 9.17) is 9.47 Å². The summed E-state index contributed by atoms with van der Waals surface area (Å²) in [4.78, 5) is 11.9. The molecule has 1 saturated heterocycles. The Kier molecular flexibility index (Phi) is 5.01. The van der Waals surface area contributed by atoms with Gasteiger partial charge in [-0.2, -0.15) is 0 Å². The highest BCUT2D eigenvalue weighted by atomic mass is 16.6. The first-order valence-electron chi connectivity index (χ1n) is 15.0. The van der Waals surface area contributed by atoms with Gasteiger partial charge < -0.3 is 9.47 Å². The highest BCUT2D eigenvalue weighted by molar-refractivity contribution is 5.66. The number of hydrogen-bond donors (Lipinski definition) is 0. The molecular weight excluding hydrogens is 432 g/mol. The first kappa shape index (κ1) is 24.7. The lowest BCUT2D eigenvalue weighted by Crippen LogP contribution is -2.67. The van der Waals surface area contributed by atoms with Crippen molar-refractivity contribution < 1.29 is 14.3 Å². The molecule has 0 aromatic heterocycles. The lowest BCUT2D eigenvalue weighted by Gasteiger charge is -2.73. The number of esters is 1. The Morgan fingerprint density at radius 1 is 0.829 bits per heavy atom. The molecule has 0 spiro atoms. The van der Waals surface area contributed by atoms with Gasteiger partial charge in [-0.05, 0) is 116 Å². The van der Waals surface area contributed by atoms with Crippen LogP contribution in [0, 0.1) is 56.7 Å². The van der Waals surface area contributed by atoms with E-state index in [1.54, 1.807) is 6.92 Å². The molecule has 1 heterocycles. The number of hydrogen-bond acceptors (Lipinski definition) is 3. The highest BCUT2D eigenvalue weighted by Crippen LogP contribution is 2.78. The van der Waals surface area contributed by atoms with Crippen LogP contribution in [0.3, 0.4) is 0 Å². The summed E-state index contributed by atoms with van der Waals surface area (Å²) in [6.45, 7) is 22.1. The average molecular weight is 485 g/mol. The zero-order valence-corrected chi connectivity index (χ0v) is 24.1. The normalized spacial score (nSPS) is 60.2. The van der Waals surface area contributed by atoms with Gasteiger partial charge in [-0.1, -0.05) is 48.5 Å². The molecule has 6 rings (SSSR count). The molecule has 0 bridgehead atoms. The molecule has 198 valence electrons. The maximum absolute atomic E-state index is 11.9. The van der Waals surface area contributed by atoms with Crippen LogP contribution in [-0.2, 0) is 14.3 Å². The first-order chi connectivity index (χ1) is 16.1. The number of fused-ring (bicyclic) bond motifs is 8. The number of ether oxygens (including phenoxy) is 2. The molecule has 3 nitrogen and oxygen atoms in total. The van der Waals surface area contributed by atoms with Crippen LogP contribution in [0.25, 0.3) is 0 Å². The monoisotopic (exact) mass is 484 g/mol. The Labute approximate surface area is 214 Å². The van der Waals surface area contributed by atoms with Crippen molar-refractivity contribution in [2.24, 2.45) is 56.7 Å². The minimum absolute atomic E-state index is 0.0493. The standard InChI is InChI=1S/C32H52O3/c1-19-26-21-10-11-23-29(6)14-13-24(34-20(2)33)27(3,4)22(29)12-15-31(23,8)30(21,7)17-16-28(26,5)18-25-32(19,9)35-25/h19,21-26H,10-18H2,1-9H3/t19-,21+,22-,23+,24-,25+,26-,28-,29-,30+,31+,32-/m0/s1. The summed E-state index contributed by atoms with van der Waals surface area (Å²) in [5, 5.41) is 0. The van der Waals surface area contributed by atoms with Gasteiger partial charge in [0.15, 0.2) is 0 Å². The van der Waals surface area contributed by atoms with Gasteiger partial charge in [0.25, 0.3) is 0 Å². The van der Waals surface area contributed by atoms with Crippen molar-refractivity contribution in [2.45, 2.75) is 138 Å². The predicted molar refractivity (Wildman–Crippen MR) is 140 cm³/mol. The lowest BCUT2D eigenvalue weighted by atomic mass is 9.31. The Bertz CT molecular complexity index is 926. The molecular formula is C32H52O3. The fourth-order valence-corrected chi connectivity index (χ4v) is 12.5. The second kappa shape index (κ2) is 7.09. The van der Waals surface area contributed by atoms with E-state index in [0.717, 1.165) is 24.2 Å². The average Bonchev–Trinajstić information content (AvgIpc) is 3.41. The fraction of sp³-hybridized carbons (Fsp3) is 0.969. The van der Waals surface area contributed by atoms with E-state index in [-0.39, 0.29) is 23.1 Å². The molecule has 3 heteroatoms. The van der Waals surface area contributed by atoms with Crippen molar-refractivity contribution in [1.29, 1.82) is 0 Å². The first-order valence-corrected chi connectivity index (χ1v) is 15.0. The highest BCUT2D eigenvalue weighted by Gasteiger charge is 2.74. The van der Waals surface area contributed by atoms with Crippen molar-refractivity contribution in [3.8, 4) is 0 Å². The largest absolute Gasteiger partial charge is 0.462 e. The third kappa shape index (κ3) is 2.92. The zero-order valence-electron chi connectivity index (χ0n) is 24.1. The molecule has 0 aromatic carbocycles. The summed E-state index contributed by atoms with van der Waals surface area (Å²) in [7, 11) is 0. The van der Waals surface area contributed by atoms with Crippen LogP contribution in [0.15, 0.2) is 0 Å². The summed E-state index contributed by atoms with van der Waals surface area (Å²) in [6, 6.07) is 0. The third-order valence-electron chi connectivity index (χ3n) is 14.7. The van der Waals surface area contributed by atoms with E-state index in [9.17, 15) is 4.79 Å². The summed E-state index contributed by atoms with van der Waals surface area (Å²) < 4.78 is 12.3. The summed E-state index contributed by atoms with van der Waals surface area (Å²) >= 11 is 0. The van der Waals surface area contributed by atoms with E-state index in [1.807, 2.05) is 0 Å². The van der Waals surface area contributed by atoms with Gasteiger partial charge in [0.2, 0.25) is 0 Å². The summed E-state index contributed by atoms with van der Waals surface area (Å²) in [6.07, 6.45) is 12.3. The van der Waals surface area contributed by atoms with Gasteiger partial charge in [0.05, 0.1) is 11.7 Å². The maximum atomic E-state index is 11.9. The Hall–Kier alpha value is -0.570. The zero-order chi connectivity index (χ0) is 25.4. The summed E-state index contributed by atoms with van der Waals surface area (Å²) in [5.41, 5.74) is 1.80. The van der Waals surface area contributed by atoms with E-state index in [2.05, 4.69) is 55.4 Å². The molecule has 12 atom stereocenters. The minimum atomic E-state index is -0.109. The van der Waals surface area contributed by atoms with Crippen LogP contribution in [0.2, 0.25) is 0 Å². The van der Waals surface area contributed by atoms with E-state index in [0.29, 0.717) is 39.6 Å². The molecule has 5 saturated carbocycles. The van der Waals surface area contributed by atoms with Crippen LogP contribution in [0.5, 0.6) is 0 Å². The molecule has 6 aliphatic rings. The van der Waals surface area contributed by atoms with Crippen molar-refractivity contribution in [2.75, 3.05) is 0 Å². The second-order valence-corrected chi connectivity index (χ2v) is 16.1. The van der Waals surface area contributed by atoms with Gasteiger partial charge in [0, 0.05) is 12.3 Å². The number of carbonyl (C=O) groups is 1. The van der Waals surface area contributed by atoms with E-state index in [1.165, 1.54) is 51.4 Å². The Morgan fingerprint density at radius 3 is 2.23 bits per heavy atom. The molecule has 1 aliphatic heterocycles. The van der Waals surface area contributed by atoms with Crippen LogP contribution in [-0.4, -0.2) is 23.8 Å². The third-order valence-corrected chi connectivity index (χ3v) is 14.7. The number of carbonyl (C=O) groups excluding carboxylic acids is 1. The van der Waals surface area contributed by atoms with E-state index < -0.39 is 0 Å². The van der Waals surface area contributed by atoms with Crippen molar-refractivity contribution >= 4 is 5.97 Å². The van der Waals surface area contributed by atoms with Crippen molar-refractivity contribution in [1.82, 2.24) is 0 Å². The molecule has 0 radical (unpaired) electrons. The minimum Gasteiger partial charge on any atom is -0.462 e. The van der Waals surface area contributed by atoms with Crippen LogP contribution >= 0.6 is 0 Å². The van der Waals surface area contributed by atoms with Crippen LogP contribution < -0.4 is 0 Å². The van der Waals surface area contributed by atoms with Crippen LogP contribution in [0.1, 0.15) is 120 Å². The lowest BCUT2D eigenvalue weighted by molar-refractivity contribution is -0.256. The quantitative estimate of drug-likeness (QED) is 0.281. The topological polar surface area (TPSA) is 38.8 Å². The van der Waals surface area contributed by atoms with Gasteiger partial charge in [-0.15, -0.1) is 0 Å². The predicted octanol–water partition coefficient (Wildman–Crippen LogP) is 7.81. The Morgan fingerprint density at radius 2 is 1.54 bits per heavy atom. The van der Waals surface area contributed by atoms with Crippen molar-refractivity contribution in [3.05, 3.63) is 0 Å². The van der Waals surface area contributed by atoms with Gasteiger partial charge in [-0.25, -0.2) is 0 Å². The van der Waals surface area contributed by atoms with Crippen LogP contribution in [0.4, 0.5) is 0 Å². The Balaban J connectivity index is 1.35. The molecule has 0 aromatic rings. The molecule has 5 aliphatic carbocycles. The maximum Gasteiger partial charge on any atom is 0.302 e. The van der Waals surface area contributed by atoms with Gasteiger partial charge in [0.1, 0.15) is 6.10 Å². The van der Waals surface area contributed by atoms with Gasteiger partial charge >= 0.3 is 5.97 Å². The van der Waals surface area contributed by atoms with Gasteiger partial charge in [-0.3, -0.25) is 4.79 Å². The second-order valence-electron chi connectivity index (χ2n) is 16.1. The molecule has 35 heavy (non-hydrogen) atoms. The number of epoxide rings is 1. The number of rotatable bonds is 1. The molecule has 0 N–H and O–H groups in total.